The lowest BCUT2D eigenvalue weighted by atomic mass is 10.00. The van der Waals surface area contributed by atoms with Gasteiger partial charge in [-0.15, -0.1) is 0 Å². The summed E-state index contributed by atoms with van der Waals surface area (Å²) in [5.41, 5.74) is 2.07. The molecule has 3 rings (SSSR count). The monoisotopic (exact) mass is 374 g/mol. The summed E-state index contributed by atoms with van der Waals surface area (Å²) >= 11 is 15.8. The number of ether oxygens (including phenoxy) is 1. The van der Waals surface area contributed by atoms with E-state index in [-0.39, 0.29) is 11.9 Å². The van der Waals surface area contributed by atoms with Crippen LogP contribution in [0, 0.1) is 5.82 Å². The second kappa shape index (κ2) is 5.55. The molecule has 104 valence electrons. The summed E-state index contributed by atoms with van der Waals surface area (Å²) in [4.78, 5) is 0. The average Bonchev–Trinajstić information content (AvgIpc) is 2.81. The van der Waals surface area contributed by atoms with Crippen molar-refractivity contribution in [2.45, 2.75) is 12.5 Å². The van der Waals surface area contributed by atoms with Crippen LogP contribution in [0.15, 0.2) is 30.3 Å². The molecule has 0 radical (unpaired) electrons. The van der Waals surface area contributed by atoms with Crippen molar-refractivity contribution in [2.75, 3.05) is 5.33 Å². The molecular weight excluding hydrogens is 366 g/mol. The maximum Gasteiger partial charge on any atom is 0.131 e. The zero-order valence-corrected chi connectivity index (χ0v) is 13.4. The first kappa shape index (κ1) is 14.2. The number of hydrogen-bond donors (Lipinski definition) is 0. The minimum absolute atomic E-state index is 0.00631. The molecule has 0 N–H and O–H groups in total. The zero-order valence-electron chi connectivity index (χ0n) is 10.3. The van der Waals surface area contributed by atoms with Gasteiger partial charge in [0.15, 0.2) is 0 Å². The van der Waals surface area contributed by atoms with Crippen molar-refractivity contribution in [3.8, 4) is 16.9 Å². The minimum Gasteiger partial charge on any atom is -0.488 e. The minimum atomic E-state index is -0.312. The molecule has 0 unspecified atom stereocenters. The SMILES string of the molecule is Fc1cc2c(c(-c3c(Cl)cccc3Cl)c1)O[C@@H](CBr)C2. The number of halogens is 4. The maximum atomic E-state index is 13.8. The van der Waals surface area contributed by atoms with E-state index >= 15 is 0 Å². The Morgan fingerprint density at radius 3 is 2.60 bits per heavy atom. The van der Waals surface area contributed by atoms with E-state index in [0.29, 0.717) is 38.7 Å². The third-order valence-corrected chi connectivity index (χ3v) is 4.62. The van der Waals surface area contributed by atoms with Gasteiger partial charge in [0.2, 0.25) is 0 Å². The predicted octanol–water partition coefficient (Wildman–Crippen LogP) is 5.50. The van der Waals surface area contributed by atoms with Gasteiger partial charge in [-0.05, 0) is 24.3 Å². The fourth-order valence-electron chi connectivity index (χ4n) is 2.42. The normalized spacial score (nSPS) is 16.9. The Morgan fingerprint density at radius 2 is 1.95 bits per heavy atom. The molecule has 0 amide bonds. The number of fused-ring (bicyclic) bond motifs is 1. The summed E-state index contributed by atoms with van der Waals surface area (Å²) in [6.07, 6.45) is 0.680. The van der Waals surface area contributed by atoms with E-state index in [1.165, 1.54) is 12.1 Å². The van der Waals surface area contributed by atoms with Crippen LogP contribution in [-0.2, 0) is 6.42 Å². The van der Waals surface area contributed by atoms with E-state index in [4.69, 9.17) is 27.9 Å². The number of benzene rings is 2. The molecule has 1 heterocycles. The molecule has 2 aromatic rings. The highest BCUT2D eigenvalue weighted by atomic mass is 79.9. The number of hydrogen-bond acceptors (Lipinski definition) is 1. The van der Waals surface area contributed by atoms with Crippen molar-refractivity contribution in [1.29, 1.82) is 0 Å². The molecule has 1 nitrogen and oxygen atoms in total. The highest BCUT2D eigenvalue weighted by Crippen LogP contribution is 2.44. The zero-order chi connectivity index (χ0) is 14.3. The second-order valence-electron chi connectivity index (χ2n) is 4.64. The first-order chi connectivity index (χ1) is 9.60. The van der Waals surface area contributed by atoms with E-state index in [1.54, 1.807) is 18.2 Å². The largest absolute Gasteiger partial charge is 0.488 e. The van der Waals surface area contributed by atoms with Crippen molar-refractivity contribution in [2.24, 2.45) is 0 Å². The van der Waals surface area contributed by atoms with Gasteiger partial charge in [-0.1, -0.05) is 45.2 Å². The quantitative estimate of drug-likeness (QED) is 0.630. The Balaban J connectivity index is 2.21. The van der Waals surface area contributed by atoms with Gasteiger partial charge in [0.1, 0.15) is 17.7 Å². The first-order valence-corrected chi connectivity index (χ1v) is 7.97. The summed E-state index contributed by atoms with van der Waals surface area (Å²) in [5, 5.41) is 1.66. The first-order valence-electron chi connectivity index (χ1n) is 6.09. The summed E-state index contributed by atoms with van der Waals surface area (Å²) in [6.45, 7) is 0. The topological polar surface area (TPSA) is 9.23 Å². The van der Waals surface area contributed by atoms with Crippen molar-refractivity contribution in [3.63, 3.8) is 0 Å². The highest BCUT2D eigenvalue weighted by Gasteiger charge is 2.27. The molecule has 1 atom stereocenters. The second-order valence-corrected chi connectivity index (χ2v) is 6.10. The van der Waals surface area contributed by atoms with Crippen molar-refractivity contribution < 1.29 is 9.13 Å². The molecule has 1 aliphatic heterocycles. The molecule has 20 heavy (non-hydrogen) atoms. The Kier molecular flexibility index (Phi) is 3.93. The van der Waals surface area contributed by atoms with Crippen LogP contribution < -0.4 is 4.74 Å². The van der Waals surface area contributed by atoms with Gasteiger partial charge in [0, 0.05) is 28.4 Å². The van der Waals surface area contributed by atoms with Gasteiger partial charge < -0.3 is 4.74 Å². The predicted molar refractivity (Wildman–Crippen MR) is 83.8 cm³/mol. The fourth-order valence-corrected chi connectivity index (χ4v) is 3.38. The Morgan fingerprint density at radius 1 is 1.25 bits per heavy atom. The van der Waals surface area contributed by atoms with Gasteiger partial charge in [-0.2, -0.15) is 0 Å². The van der Waals surface area contributed by atoms with E-state index < -0.39 is 0 Å². The number of rotatable bonds is 2. The summed E-state index contributed by atoms with van der Waals surface area (Å²) in [6, 6.07) is 8.15. The van der Waals surface area contributed by atoms with E-state index in [2.05, 4.69) is 15.9 Å². The molecule has 0 saturated carbocycles. The molecule has 2 aromatic carbocycles. The molecule has 1 aliphatic rings. The summed E-state index contributed by atoms with van der Waals surface area (Å²) in [5.74, 6) is 0.361. The van der Waals surface area contributed by atoms with Gasteiger partial charge in [-0.25, -0.2) is 4.39 Å². The Hall–Kier alpha value is -0.770. The van der Waals surface area contributed by atoms with Crippen molar-refractivity contribution in [3.05, 3.63) is 51.8 Å². The molecular formula is C15H10BrCl2FO. The smallest absolute Gasteiger partial charge is 0.131 e. The van der Waals surface area contributed by atoms with Crippen LogP contribution in [0.4, 0.5) is 4.39 Å². The van der Waals surface area contributed by atoms with Crippen LogP contribution >= 0.6 is 39.1 Å². The van der Waals surface area contributed by atoms with Crippen LogP contribution in [0.2, 0.25) is 10.0 Å². The molecule has 0 fully saturated rings. The molecule has 0 aliphatic carbocycles. The van der Waals surface area contributed by atoms with E-state index in [1.807, 2.05) is 0 Å². The summed E-state index contributed by atoms with van der Waals surface area (Å²) < 4.78 is 19.7. The van der Waals surface area contributed by atoms with Gasteiger partial charge in [0.05, 0.1) is 10.0 Å². The van der Waals surface area contributed by atoms with Crippen LogP contribution in [0.5, 0.6) is 5.75 Å². The standard InChI is InChI=1S/C15H10BrCl2FO/c16-7-10-5-8-4-9(19)6-11(15(8)20-10)14-12(17)2-1-3-13(14)18/h1-4,6,10H,5,7H2/t10-/m1/s1. The van der Waals surface area contributed by atoms with Gasteiger partial charge >= 0.3 is 0 Å². The lowest BCUT2D eigenvalue weighted by Gasteiger charge is -2.13. The van der Waals surface area contributed by atoms with Crippen LogP contribution in [-0.4, -0.2) is 11.4 Å². The van der Waals surface area contributed by atoms with Crippen LogP contribution in [0.1, 0.15) is 5.56 Å². The molecule has 0 saturated heterocycles. The van der Waals surface area contributed by atoms with Crippen molar-refractivity contribution in [1.82, 2.24) is 0 Å². The Labute approximate surface area is 134 Å². The third-order valence-electron chi connectivity index (χ3n) is 3.27. The third kappa shape index (κ3) is 2.43. The molecule has 0 aromatic heterocycles. The van der Waals surface area contributed by atoms with Crippen LogP contribution in [0.3, 0.4) is 0 Å². The lowest BCUT2D eigenvalue weighted by Crippen LogP contribution is -2.13. The Bertz CT molecular complexity index is 655. The molecule has 5 heteroatoms. The lowest BCUT2D eigenvalue weighted by molar-refractivity contribution is 0.261. The van der Waals surface area contributed by atoms with E-state index in [0.717, 1.165) is 5.56 Å². The summed E-state index contributed by atoms with van der Waals surface area (Å²) in [7, 11) is 0. The molecule has 0 spiro atoms. The average molecular weight is 376 g/mol. The number of alkyl halides is 1. The van der Waals surface area contributed by atoms with Gasteiger partial charge in [0.25, 0.3) is 0 Å². The maximum absolute atomic E-state index is 13.8. The fraction of sp³-hybridized carbons (Fsp3) is 0.200. The van der Waals surface area contributed by atoms with Crippen molar-refractivity contribution >= 4 is 39.1 Å². The molecule has 0 bridgehead atoms. The van der Waals surface area contributed by atoms with Gasteiger partial charge in [-0.3, -0.25) is 0 Å². The highest BCUT2D eigenvalue weighted by molar-refractivity contribution is 9.09. The van der Waals surface area contributed by atoms with E-state index in [9.17, 15) is 4.39 Å². The van der Waals surface area contributed by atoms with Crippen LogP contribution in [0.25, 0.3) is 11.1 Å².